The number of halogens is 1. The lowest BCUT2D eigenvalue weighted by Crippen LogP contribution is -2.40. The van der Waals surface area contributed by atoms with E-state index in [1.54, 1.807) is 0 Å². The van der Waals surface area contributed by atoms with Crippen LogP contribution in [0.2, 0.25) is 0 Å². The van der Waals surface area contributed by atoms with Gasteiger partial charge in [0.1, 0.15) is 0 Å². The van der Waals surface area contributed by atoms with E-state index in [1.165, 1.54) is 0 Å². The van der Waals surface area contributed by atoms with Gasteiger partial charge in [-0.2, -0.15) is 0 Å². The minimum Gasteiger partial charge on any atom is -0.324 e. The zero-order chi connectivity index (χ0) is 12.1. The Balaban J connectivity index is 2.68. The second-order valence-corrected chi connectivity index (χ2v) is 5.04. The van der Waals surface area contributed by atoms with Gasteiger partial charge in [0.2, 0.25) is 5.91 Å². The van der Waals surface area contributed by atoms with Crippen molar-refractivity contribution in [3.05, 3.63) is 27.8 Å². The topological polar surface area (TPSA) is 55.1 Å². The highest BCUT2D eigenvalue weighted by Gasteiger charge is 2.19. The molecule has 0 saturated carbocycles. The molecule has 0 radical (unpaired) electrons. The Morgan fingerprint density at radius 2 is 2.12 bits per heavy atom. The summed E-state index contributed by atoms with van der Waals surface area (Å²) in [5.41, 5.74) is 6.68. The molecule has 2 unspecified atom stereocenters. The van der Waals surface area contributed by atoms with Gasteiger partial charge in [-0.15, -0.1) is 0 Å². The zero-order valence-corrected chi connectivity index (χ0v) is 11.7. The molecule has 16 heavy (non-hydrogen) atoms. The minimum absolute atomic E-state index is 0.113. The number of carbonyl (C=O) groups is 1. The summed E-state index contributed by atoms with van der Waals surface area (Å²) in [6.45, 7) is 4.02. The van der Waals surface area contributed by atoms with Gasteiger partial charge >= 0.3 is 0 Å². The highest BCUT2D eigenvalue weighted by Crippen LogP contribution is 2.17. The number of rotatable bonds is 4. The highest BCUT2D eigenvalue weighted by molar-refractivity contribution is 14.1. The van der Waals surface area contributed by atoms with Crippen LogP contribution in [0.3, 0.4) is 0 Å². The maximum absolute atomic E-state index is 11.8. The number of hydrogen-bond acceptors (Lipinski definition) is 2. The van der Waals surface area contributed by atoms with E-state index in [0.717, 1.165) is 15.7 Å². The fourth-order valence-corrected chi connectivity index (χ4v) is 1.81. The third kappa shape index (κ3) is 3.45. The smallest absolute Gasteiger partial charge is 0.241 e. The molecule has 4 heteroatoms. The average Bonchev–Trinajstić information content (AvgIpc) is 2.30. The van der Waals surface area contributed by atoms with Crippen LogP contribution in [0.15, 0.2) is 24.3 Å². The molecule has 0 fully saturated rings. The summed E-state index contributed by atoms with van der Waals surface area (Å²) < 4.78 is 1.02. The first-order valence-corrected chi connectivity index (χ1v) is 6.45. The van der Waals surface area contributed by atoms with E-state index in [2.05, 4.69) is 27.9 Å². The van der Waals surface area contributed by atoms with Crippen LogP contribution >= 0.6 is 22.6 Å². The number of anilines is 1. The van der Waals surface area contributed by atoms with Crippen LogP contribution < -0.4 is 11.1 Å². The van der Waals surface area contributed by atoms with Crippen LogP contribution in [0.25, 0.3) is 0 Å². The van der Waals surface area contributed by atoms with E-state index in [-0.39, 0.29) is 11.8 Å². The van der Waals surface area contributed by atoms with Crippen molar-refractivity contribution in [3.8, 4) is 0 Å². The molecule has 1 aromatic carbocycles. The van der Waals surface area contributed by atoms with Crippen molar-refractivity contribution >= 4 is 34.2 Å². The van der Waals surface area contributed by atoms with E-state index in [9.17, 15) is 4.79 Å². The SMILES string of the molecule is CCC(C)C(N)C(=O)Nc1ccccc1I. The predicted molar refractivity (Wildman–Crippen MR) is 75.2 cm³/mol. The van der Waals surface area contributed by atoms with Gasteiger partial charge in [0.25, 0.3) is 0 Å². The van der Waals surface area contributed by atoms with Crippen LogP contribution in [0.5, 0.6) is 0 Å². The lowest BCUT2D eigenvalue weighted by Gasteiger charge is -2.18. The number of nitrogens with one attached hydrogen (secondary N) is 1. The van der Waals surface area contributed by atoms with Crippen molar-refractivity contribution in [1.82, 2.24) is 0 Å². The van der Waals surface area contributed by atoms with Crippen molar-refractivity contribution in [1.29, 1.82) is 0 Å². The van der Waals surface area contributed by atoms with Crippen molar-refractivity contribution < 1.29 is 4.79 Å². The summed E-state index contributed by atoms with van der Waals surface area (Å²) in [4.78, 5) is 11.8. The molecule has 0 spiro atoms. The summed E-state index contributed by atoms with van der Waals surface area (Å²) in [5, 5.41) is 2.85. The Kier molecular flexibility index (Phi) is 5.21. The number of carbonyl (C=O) groups excluding carboxylic acids is 1. The maximum atomic E-state index is 11.8. The van der Waals surface area contributed by atoms with E-state index in [1.807, 2.05) is 38.1 Å². The van der Waals surface area contributed by atoms with E-state index >= 15 is 0 Å². The molecule has 2 atom stereocenters. The van der Waals surface area contributed by atoms with Crippen LogP contribution in [0.1, 0.15) is 20.3 Å². The number of hydrogen-bond donors (Lipinski definition) is 2. The van der Waals surface area contributed by atoms with Gasteiger partial charge in [0, 0.05) is 3.57 Å². The number of nitrogens with two attached hydrogens (primary N) is 1. The fraction of sp³-hybridized carbons (Fsp3) is 0.417. The van der Waals surface area contributed by atoms with Gasteiger partial charge in [-0.3, -0.25) is 4.79 Å². The second kappa shape index (κ2) is 6.20. The Bertz CT molecular complexity index is 368. The summed E-state index contributed by atoms with van der Waals surface area (Å²) in [7, 11) is 0. The zero-order valence-electron chi connectivity index (χ0n) is 9.53. The van der Waals surface area contributed by atoms with E-state index in [4.69, 9.17) is 5.73 Å². The Morgan fingerprint density at radius 3 is 2.69 bits per heavy atom. The number of para-hydroxylation sites is 1. The van der Waals surface area contributed by atoms with Gasteiger partial charge in [0.15, 0.2) is 0 Å². The molecule has 0 aliphatic carbocycles. The molecule has 3 nitrogen and oxygen atoms in total. The molecule has 88 valence electrons. The third-order valence-electron chi connectivity index (χ3n) is 2.69. The van der Waals surface area contributed by atoms with Gasteiger partial charge < -0.3 is 11.1 Å². The van der Waals surface area contributed by atoms with E-state index in [0.29, 0.717) is 0 Å². The van der Waals surface area contributed by atoms with Crippen molar-refractivity contribution in [2.24, 2.45) is 11.7 Å². The molecule has 0 aliphatic heterocycles. The average molecular weight is 332 g/mol. The Labute approximate surface area is 110 Å². The Hall–Kier alpha value is -0.620. The first-order valence-electron chi connectivity index (χ1n) is 5.37. The van der Waals surface area contributed by atoms with Crippen LogP contribution in [0, 0.1) is 9.49 Å². The Morgan fingerprint density at radius 1 is 1.50 bits per heavy atom. The van der Waals surface area contributed by atoms with Gasteiger partial charge in [0.05, 0.1) is 11.7 Å². The van der Waals surface area contributed by atoms with Crippen molar-refractivity contribution in [2.75, 3.05) is 5.32 Å². The minimum atomic E-state index is -0.444. The molecule has 1 aromatic rings. The van der Waals surface area contributed by atoms with Crippen molar-refractivity contribution in [3.63, 3.8) is 0 Å². The lowest BCUT2D eigenvalue weighted by atomic mass is 9.99. The van der Waals surface area contributed by atoms with Crippen LogP contribution in [-0.2, 0) is 4.79 Å². The normalized spacial score (nSPS) is 14.2. The maximum Gasteiger partial charge on any atom is 0.241 e. The van der Waals surface area contributed by atoms with E-state index < -0.39 is 6.04 Å². The quantitative estimate of drug-likeness (QED) is 0.833. The molecule has 1 amide bonds. The molecule has 3 N–H and O–H groups in total. The van der Waals surface area contributed by atoms with Crippen LogP contribution in [0.4, 0.5) is 5.69 Å². The standard InChI is InChI=1S/C12H17IN2O/c1-3-8(2)11(14)12(16)15-10-7-5-4-6-9(10)13/h4-8,11H,3,14H2,1-2H3,(H,15,16). The molecular weight excluding hydrogens is 315 g/mol. The first-order chi connectivity index (χ1) is 7.56. The van der Waals surface area contributed by atoms with Gasteiger partial charge in [-0.05, 0) is 40.6 Å². The monoisotopic (exact) mass is 332 g/mol. The highest BCUT2D eigenvalue weighted by atomic mass is 127. The molecular formula is C12H17IN2O. The molecule has 0 bridgehead atoms. The largest absolute Gasteiger partial charge is 0.324 e. The fourth-order valence-electron chi connectivity index (χ4n) is 1.29. The number of amides is 1. The summed E-state index contributed by atoms with van der Waals surface area (Å²) in [5.74, 6) is 0.0832. The summed E-state index contributed by atoms with van der Waals surface area (Å²) >= 11 is 2.19. The molecule has 0 aromatic heterocycles. The predicted octanol–water partition coefficient (Wildman–Crippen LogP) is 2.60. The number of benzene rings is 1. The van der Waals surface area contributed by atoms with Crippen molar-refractivity contribution in [2.45, 2.75) is 26.3 Å². The first kappa shape index (κ1) is 13.4. The molecule has 0 saturated heterocycles. The van der Waals surface area contributed by atoms with Crippen LogP contribution in [-0.4, -0.2) is 11.9 Å². The van der Waals surface area contributed by atoms with Gasteiger partial charge in [-0.25, -0.2) is 0 Å². The molecule has 1 rings (SSSR count). The third-order valence-corrected chi connectivity index (χ3v) is 3.63. The molecule has 0 heterocycles. The second-order valence-electron chi connectivity index (χ2n) is 3.88. The molecule has 0 aliphatic rings. The summed E-state index contributed by atoms with van der Waals surface area (Å²) in [6.07, 6.45) is 0.903. The summed E-state index contributed by atoms with van der Waals surface area (Å²) in [6, 6.07) is 7.22. The lowest BCUT2D eigenvalue weighted by molar-refractivity contribution is -0.118. The van der Waals surface area contributed by atoms with Gasteiger partial charge in [-0.1, -0.05) is 32.4 Å².